The predicted molar refractivity (Wildman–Crippen MR) is 79.5 cm³/mol. The molecule has 0 atom stereocenters. The highest BCUT2D eigenvalue weighted by Crippen LogP contribution is 2.14. The van der Waals surface area contributed by atoms with Gasteiger partial charge in [-0.05, 0) is 40.9 Å². The first kappa shape index (κ1) is 12.5. The maximum atomic E-state index is 4.40. The molecule has 0 aliphatic heterocycles. The first-order valence-electron chi connectivity index (χ1n) is 6.03. The Labute approximate surface area is 119 Å². The van der Waals surface area contributed by atoms with Crippen LogP contribution in [0.1, 0.15) is 11.8 Å². The van der Waals surface area contributed by atoms with Crippen molar-refractivity contribution in [2.45, 2.75) is 6.92 Å². The van der Waals surface area contributed by atoms with Gasteiger partial charge in [0.2, 0.25) is 0 Å². The Kier molecular flexibility index (Phi) is 3.51. The second-order valence-electron chi connectivity index (χ2n) is 4.05. The van der Waals surface area contributed by atoms with Crippen molar-refractivity contribution in [3.63, 3.8) is 0 Å². The lowest BCUT2D eigenvalue weighted by Crippen LogP contribution is -2.04. The van der Waals surface area contributed by atoms with Gasteiger partial charge in [-0.2, -0.15) is 0 Å². The minimum atomic E-state index is 0.479. The van der Waals surface area contributed by atoms with Gasteiger partial charge in [0.05, 0.1) is 10.6 Å². The van der Waals surface area contributed by atoms with Gasteiger partial charge in [0.1, 0.15) is 0 Å². The largest absolute Gasteiger partial charge is 0.321 e. The van der Waals surface area contributed by atoms with Crippen LogP contribution in [0.4, 0.5) is 11.6 Å². The molecule has 3 aromatic rings. The molecular formula is C13H12N6S. The van der Waals surface area contributed by atoms with Gasteiger partial charge in [-0.25, -0.2) is 0 Å². The Morgan fingerprint density at radius 2 is 2.05 bits per heavy atom. The van der Waals surface area contributed by atoms with E-state index < -0.39 is 0 Å². The molecule has 0 fully saturated rings. The van der Waals surface area contributed by atoms with Crippen LogP contribution in [0.5, 0.6) is 0 Å². The zero-order valence-corrected chi connectivity index (χ0v) is 11.6. The molecule has 1 N–H and O–H groups in total. The minimum absolute atomic E-state index is 0.479. The predicted octanol–water partition coefficient (Wildman–Crippen LogP) is 2.75. The lowest BCUT2D eigenvalue weighted by atomic mass is 10.3. The van der Waals surface area contributed by atoms with Crippen LogP contribution in [-0.4, -0.2) is 26.0 Å². The molecule has 0 spiro atoms. The Hall–Kier alpha value is -2.54. The summed E-state index contributed by atoms with van der Waals surface area (Å²) in [5.41, 5.74) is 1.77. The fourth-order valence-corrected chi connectivity index (χ4v) is 2.32. The molecule has 0 aliphatic carbocycles. The van der Waals surface area contributed by atoms with Crippen molar-refractivity contribution in [2.75, 3.05) is 5.32 Å². The van der Waals surface area contributed by atoms with Crippen LogP contribution < -0.4 is 5.32 Å². The normalized spacial score (nSPS) is 11.6. The molecule has 20 heavy (non-hydrogen) atoms. The highest BCUT2D eigenvalue weighted by Gasteiger charge is 2.06. The summed E-state index contributed by atoms with van der Waals surface area (Å²) in [7, 11) is 0. The summed E-state index contributed by atoms with van der Waals surface area (Å²) in [6.07, 6.45) is 0. The first-order chi connectivity index (χ1) is 9.83. The maximum Gasteiger partial charge on any atom is 0.269 e. The number of hydrogen-bond donors (Lipinski definition) is 1. The standard InChI is InChI=1S/C13H12N6S/c1-10(12-8-5-9-20-12)16-19-13(15-17-18-19)14-11-6-3-2-4-7-11/h2-9H,1H3,(H,14,15,18)/b16-10-. The van der Waals surface area contributed by atoms with E-state index in [1.807, 2.05) is 54.8 Å². The van der Waals surface area contributed by atoms with Gasteiger partial charge in [0.15, 0.2) is 0 Å². The average molecular weight is 284 g/mol. The number of tetrazole rings is 1. The average Bonchev–Trinajstić information content (AvgIpc) is 3.12. The van der Waals surface area contributed by atoms with E-state index >= 15 is 0 Å². The van der Waals surface area contributed by atoms with Crippen LogP contribution in [0.3, 0.4) is 0 Å². The third-order valence-corrected chi connectivity index (χ3v) is 3.58. The summed E-state index contributed by atoms with van der Waals surface area (Å²) in [6.45, 7) is 1.93. The van der Waals surface area contributed by atoms with Crippen LogP contribution in [0.15, 0.2) is 52.9 Å². The van der Waals surface area contributed by atoms with Crippen LogP contribution in [0.25, 0.3) is 0 Å². The van der Waals surface area contributed by atoms with E-state index in [2.05, 4.69) is 25.9 Å². The highest BCUT2D eigenvalue weighted by atomic mass is 32.1. The van der Waals surface area contributed by atoms with Crippen molar-refractivity contribution in [3.05, 3.63) is 52.7 Å². The molecular weight excluding hydrogens is 272 g/mol. The SMILES string of the molecule is C/C(=N/n1nnnc1Nc1ccccc1)c1cccs1. The zero-order chi connectivity index (χ0) is 13.8. The quantitative estimate of drug-likeness (QED) is 0.748. The van der Waals surface area contributed by atoms with Crippen molar-refractivity contribution in [1.82, 2.24) is 20.3 Å². The van der Waals surface area contributed by atoms with Crippen LogP contribution >= 0.6 is 11.3 Å². The van der Waals surface area contributed by atoms with Crippen molar-refractivity contribution in [3.8, 4) is 0 Å². The van der Waals surface area contributed by atoms with Gasteiger partial charge in [0.25, 0.3) is 5.95 Å². The Morgan fingerprint density at radius 1 is 1.20 bits per heavy atom. The van der Waals surface area contributed by atoms with Crippen molar-refractivity contribution in [2.24, 2.45) is 5.10 Å². The van der Waals surface area contributed by atoms with E-state index in [9.17, 15) is 0 Å². The van der Waals surface area contributed by atoms with Gasteiger partial charge in [-0.1, -0.05) is 34.2 Å². The van der Waals surface area contributed by atoms with E-state index in [-0.39, 0.29) is 0 Å². The Bertz CT molecular complexity index is 702. The molecule has 2 aromatic heterocycles. The number of nitrogens with zero attached hydrogens (tertiary/aromatic N) is 5. The van der Waals surface area contributed by atoms with Gasteiger partial charge in [-0.15, -0.1) is 16.4 Å². The lowest BCUT2D eigenvalue weighted by Gasteiger charge is -2.03. The van der Waals surface area contributed by atoms with Crippen LogP contribution in [-0.2, 0) is 0 Å². The summed E-state index contributed by atoms with van der Waals surface area (Å²) in [5.74, 6) is 0.479. The molecule has 3 rings (SSSR count). The Balaban J connectivity index is 1.85. The van der Waals surface area contributed by atoms with Crippen LogP contribution in [0, 0.1) is 0 Å². The number of hydrogen-bond acceptors (Lipinski definition) is 6. The van der Waals surface area contributed by atoms with E-state index in [4.69, 9.17) is 0 Å². The number of aromatic nitrogens is 4. The van der Waals surface area contributed by atoms with Crippen molar-refractivity contribution < 1.29 is 0 Å². The maximum absolute atomic E-state index is 4.40. The number of para-hydroxylation sites is 1. The monoisotopic (exact) mass is 284 g/mol. The van der Waals surface area contributed by atoms with Gasteiger partial charge < -0.3 is 5.32 Å². The number of nitrogens with one attached hydrogen (secondary N) is 1. The van der Waals surface area contributed by atoms with E-state index in [0.29, 0.717) is 5.95 Å². The lowest BCUT2D eigenvalue weighted by molar-refractivity contribution is 0.695. The summed E-state index contributed by atoms with van der Waals surface area (Å²) >= 11 is 1.63. The molecule has 0 radical (unpaired) electrons. The fourth-order valence-electron chi connectivity index (χ4n) is 1.65. The summed E-state index contributed by atoms with van der Waals surface area (Å²) < 4.78 is 0. The van der Waals surface area contributed by atoms with Gasteiger partial charge >= 0.3 is 0 Å². The fraction of sp³-hybridized carbons (Fsp3) is 0.0769. The van der Waals surface area contributed by atoms with Crippen LogP contribution in [0.2, 0.25) is 0 Å². The topological polar surface area (TPSA) is 68.0 Å². The third-order valence-electron chi connectivity index (χ3n) is 2.61. The molecule has 100 valence electrons. The van der Waals surface area contributed by atoms with E-state index in [0.717, 1.165) is 16.3 Å². The van der Waals surface area contributed by atoms with Gasteiger partial charge in [-0.3, -0.25) is 0 Å². The highest BCUT2D eigenvalue weighted by molar-refractivity contribution is 7.12. The number of rotatable bonds is 4. The molecule has 2 heterocycles. The molecule has 1 aromatic carbocycles. The number of benzene rings is 1. The van der Waals surface area contributed by atoms with Crippen molar-refractivity contribution >= 4 is 28.7 Å². The molecule has 0 saturated carbocycles. The summed E-state index contributed by atoms with van der Waals surface area (Å²) in [6, 6.07) is 13.7. The number of thiophene rings is 1. The zero-order valence-electron chi connectivity index (χ0n) is 10.8. The molecule has 0 saturated heterocycles. The van der Waals surface area contributed by atoms with Gasteiger partial charge in [0, 0.05) is 5.69 Å². The van der Waals surface area contributed by atoms with Crippen molar-refractivity contribution in [1.29, 1.82) is 0 Å². The molecule has 0 unspecified atom stereocenters. The molecule has 0 amide bonds. The smallest absolute Gasteiger partial charge is 0.269 e. The number of anilines is 2. The molecule has 7 heteroatoms. The van der Waals surface area contributed by atoms with E-state index in [1.54, 1.807) is 11.3 Å². The second kappa shape index (κ2) is 5.62. The first-order valence-corrected chi connectivity index (χ1v) is 6.91. The molecule has 0 bridgehead atoms. The second-order valence-corrected chi connectivity index (χ2v) is 4.99. The third kappa shape index (κ3) is 2.72. The molecule has 0 aliphatic rings. The minimum Gasteiger partial charge on any atom is -0.321 e. The summed E-state index contributed by atoms with van der Waals surface area (Å²) in [4.78, 5) is 2.48. The molecule has 6 nitrogen and oxygen atoms in total. The van der Waals surface area contributed by atoms with E-state index in [1.165, 1.54) is 4.79 Å². The Morgan fingerprint density at radius 3 is 2.80 bits per heavy atom. The summed E-state index contributed by atoms with van der Waals surface area (Å²) in [5, 5.41) is 21.0.